The smallest absolute Gasteiger partial charge is 0.144 e. The van der Waals surface area contributed by atoms with Crippen molar-refractivity contribution >= 4 is 22.9 Å². The van der Waals surface area contributed by atoms with Gasteiger partial charge in [0.25, 0.3) is 0 Å². The predicted molar refractivity (Wildman–Crippen MR) is 103 cm³/mol. The first-order valence-corrected chi connectivity index (χ1v) is 8.31. The highest BCUT2D eigenvalue weighted by Crippen LogP contribution is 2.37. The number of rotatable bonds is 5. The number of nitrogens with one attached hydrogen (secondary N) is 2. The summed E-state index contributed by atoms with van der Waals surface area (Å²) in [6.45, 7) is 7.65. The molecule has 1 aromatic rings. The molecule has 0 bridgehead atoms. The molecular formula is C20H25N3O2. The quantitative estimate of drug-likeness (QED) is 0.428. The standard InChI is InChI=1S/C20H25N3O2/c1-13(24)9-10-14-11-15(20(2,3)4)19(25)18(12-14)23-22-17-8-6-5-7-16(17)21/h5-8,11-12,21,23,25H,9-10H2,1-4H3/b21-16?,22-17-. The van der Waals surface area contributed by atoms with Crippen molar-refractivity contribution in [2.24, 2.45) is 5.10 Å². The molecule has 0 aromatic heterocycles. The molecule has 0 radical (unpaired) electrons. The average Bonchev–Trinajstić information content (AvgIpc) is 2.52. The normalized spacial score (nSPS) is 15.7. The molecule has 132 valence electrons. The number of hydrazone groups is 1. The van der Waals surface area contributed by atoms with Crippen LogP contribution in [0.5, 0.6) is 5.75 Å². The van der Waals surface area contributed by atoms with Crippen molar-refractivity contribution in [1.29, 1.82) is 5.41 Å². The average molecular weight is 339 g/mol. The monoisotopic (exact) mass is 339 g/mol. The van der Waals surface area contributed by atoms with E-state index in [1.807, 2.05) is 39.0 Å². The molecule has 0 saturated carbocycles. The molecule has 5 nitrogen and oxygen atoms in total. The third-order valence-electron chi connectivity index (χ3n) is 3.94. The van der Waals surface area contributed by atoms with Crippen LogP contribution < -0.4 is 5.43 Å². The maximum Gasteiger partial charge on any atom is 0.144 e. The minimum absolute atomic E-state index is 0.132. The molecule has 0 heterocycles. The number of aryl methyl sites for hydroxylation is 1. The van der Waals surface area contributed by atoms with Gasteiger partial charge in [-0.05, 0) is 42.5 Å². The molecule has 0 amide bonds. The van der Waals surface area contributed by atoms with E-state index in [9.17, 15) is 9.90 Å². The first-order valence-electron chi connectivity index (χ1n) is 8.31. The molecule has 5 heteroatoms. The molecule has 0 fully saturated rings. The first kappa shape index (κ1) is 18.6. The van der Waals surface area contributed by atoms with Crippen molar-refractivity contribution < 1.29 is 9.90 Å². The molecule has 3 N–H and O–H groups in total. The number of carbonyl (C=O) groups is 1. The fourth-order valence-corrected chi connectivity index (χ4v) is 2.51. The lowest BCUT2D eigenvalue weighted by Gasteiger charge is -2.23. The van der Waals surface area contributed by atoms with Crippen LogP contribution in [0.4, 0.5) is 5.69 Å². The Bertz CT molecular complexity index is 781. The van der Waals surface area contributed by atoms with E-state index in [2.05, 4.69) is 10.5 Å². The zero-order valence-electron chi connectivity index (χ0n) is 15.2. The fourth-order valence-electron chi connectivity index (χ4n) is 2.51. The van der Waals surface area contributed by atoms with Crippen LogP contribution in [0.15, 0.2) is 41.5 Å². The summed E-state index contributed by atoms with van der Waals surface area (Å²) in [5.41, 5.74) is 5.67. The fraction of sp³-hybridized carbons (Fsp3) is 0.350. The van der Waals surface area contributed by atoms with Crippen LogP contribution in [0.25, 0.3) is 0 Å². The van der Waals surface area contributed by atoms with E-state index in [-0.39, 0.29) is 16.9 Å². The van der Waals surface area contributed by atoms with Crippen molar-refractivity contribution in [3.8, 4) is 5.75 Å². The Hall–Kier alpha value is -2.69. The van der Waals surface area contributed by atoms with Crippen LogP contribution >= 0.6 is 0 Å². The number of phenols is 1. The number of benzene rings is 1. The molecule has 2 rings (SSSR count). The third kappa shape index (κ3) is 4.89. The van der Waals surface area contributed by atoms with E-state index in [0.717, 1.165) is 11.1 Å². The van der Waals surface area contributed by atoms with Gasteiger partial charge in [-0.2, -0.15) is 5.10 Å². The minimum atomic E-state index is -0.250. The number of nitrogens with zero attached hydrogens (tertiary/aromatic N) is 1. The van der Waals surface area contributed by atoms with Gasteiger partial charge >= 0.3 is 0 Å². The molecular weight excluding hydrogens is 314 g/mol. The summed E-state index contributed by atoms with van der Waals surface area (Å²) >= 11 is 0. The van der Waals surface area contributed by atoms with E-state index in [0.29, 0.717) is 30.0 Å². The summed E-state index contributed by atoms with van der Waals surface area (Å²) in [7, 11) is 0. The highest BCUT2D eigenvalue weighted by Gasteiger charge is 2.21. The topological polar surface area (TPSA) is 85.5 Å². The second-order valence-corrected chi connectivity index (χ2v) is 7.23. The number of Topliss-reactive ketones (excluding diaryl/α,β-unsaturated/α-hetero) is 1. The highest BCUT2D eigenvalue weighted by molar-refractivity contribution is 6.50. The van der Waals surface area contributed by atoms with Gasteiger partial charge in [-0.25, -0.2) is 0 Å². The van der Waals surface area contributed by atoms with Crippen molar-refractivity contribution in [2.45, 2.75) is 46.0 Å². The second-order valence-electron chi connectivity index (χ2n) is 7.23. The Morgan fingerprint density at radius 2 is 1.92 bits per heavy atom. The van der Waals surface area contributed by atoms with Crippen LogP contribution in [0.1, 0.15) is 45.2 Å². The first-order chi connectivity index (χ1) is 11.7. The van der Waals surface area contributed by atoms with Crippen LogP contribution in [0, 0.1) is 5.41 Å². The zero-order valence-corrected chi connectivity index (χ0v) is 15.2. The zero-order chi connectivity index (χ0) is 18.6. The van der Waals surface area contributed by atoms with Gasteiger partial charge in [0.1, 0.15) is 17.2 Å². The lowest BCUT2D eigenvalue weighted by molar-refractivity contribution is -0.116. The molecule has 0 saturated heterocycles. The van der Waals surface area contributed by atoms with Gasteiger partial charge in [0.2, 0.25) is 0 Å². The van der Waals surface area contributed by atoms with E-state index < -0.39 is 0 Å². The highest BCUT2D eigenvalue weighted by atomic mass is 16.3. The summed E-state index contributed by atoms with van der Waals surface area (Å²) in [5.74, 6) is 0.276. The predicted octanol–water partition coefficient (Wildman–Crippen LogP) is 4.12. The Morgan fingerprint density at radius 1 is 1.24 bits per heavy atom. The second kappa shape index (κ2) is 7.47. The maximum absolute atomic E-state index is 11.3. The molecule has 0 atom stereocenters. The molecule has 1 aromatic carbocycles. The van der Waals surface area contributed by atoms with Gasteiger partial charge in [-0.1, -0.05) is 39.0 Å². The molecule has 1 aliphatic carbocycles. The van der Waals surface area contributed by atoms with E-state index in [4.69, 9.17) is 5.41 Å². The summed E-state index contributed by atoms with van der Waals surface area (Å²) in [6, 6.07) is 3.76. The van der Waals surface area contributed by atoms with Crippen molar-refractivity contribution in [3.05, 3.63) is 47.6 Å². The van der Waals surface area contributed by atoms with Crippen molar-refractivity contribution in [3.63, 3.8) is 0 Å². The maximum atomic E-state index is 11.3. The van der Waals surface area contributed by atoms with E-state index in [1.165, 1.54) is 0 Å². The SMILES string of the molecule is CC(=O)CCc1cc(N/N=C2/C=CC=CC2=N)c(O)c(C(C)(C)C)c1. The van der Waals surface area contributed by atoms with Gasteiger partial charge < -0.3 is 9.90 Å². The van der Waals surface area contributed by atoms with Crippen LogP contribution in [0.2, 0.25) is 0 Å². The van der Waals surface area contributed by atoms with Crippen molar-refractivity contribution in [1.82, 2.24) is 0 Å². The molecule has 0 aliphatic heterocycles. The number of allylic oxidation sites excluding steroid dienone is 4. The third-order valence-corrected chi connectivity index (χ3v) is 3.94. The number of carbonyl (C=O) groups excluding carboxylic acids is 1. The van der Waals surface area contributed by atoms with Crippen LogP contribution in [0.3, 0.4) is 0 Å². The van der Waals surface area contributed by atoms with Crippen LogP contribution in [-0.2, 0) is 16.6 Å². The van der Waals surface area contributed by atoms with Crippen LogP contribution in [-0.4, -0.2) is 22.3 Å². The minimum Gasteiger partial charge on any atom is -0.505 e. The number of hydrogen-bond acceptors (Lipinski definition) is 5. The number of phenolic OH excluding ortho intramolecular Hbond substituents is 1. The molecule has 25 heavy (non-hydrogen) atoms. The van der Waals surface area contributed by atoms with Gasteiger partial charge in [-0.3, -0.25) is 10.8 Å². The Labute approximate surface area is 148 Å². The molecule has 0 spiro atoms. The molecule has 0 unspecified atom stereocenters. The lowest BCUT2D eigenvalue weighted by Crippen LogP contribution is -2.14. The van der Waals surface area contributed by atoms with Crippen molar-refractivity contribution in [2.75, 3.05) is 5.43 Å². The summed E-state index contributed by atoms with van der Waals surface area (Å²) in [6.07, 6.45) is 8.05. The summed E-state index contributed by atoms with van der Waals surface area (Å²) in [5, 5.41) is 22.7. The number of aromatic hydroxyl groups is 1. The van der Waals surface area contributed by atoms with Gasteiger partial charge in [0.05, 0.1) is 11.4 Å². The van der Waals surface area contributed by atoms with Gasteiger partial charge in [0.15, 0.2) is 0 Å². The summed E-state index contributed by atoms with van der Waals surface area (Å²) in [4.78, 5) is 11.3. The Morgan fingerprint density at radius 3 is 2.52 bits per heavy atom. The largest absolute Gasteiger partial charge is 0.505 e. The Kier molecular flexibility index (Phi) is 5.57. The number of ketones is 1. The molecule has 1 aliphatic rings. The summed E-state index contributed by atoms with van der Waals surface area (Å²) < 4.78 is 0. The van der Waals surface area contributed by atoms with Gasteiger partial charge in [0, 0.05) is 12.0 Å². The lowest BCUT2D eigenvalue weighted by atomic mass is 9.84. The van der Waals surface area contributed by atoms with Gasteiger partial charge in [-0.15, -0.1) is 0 Å². The van der Waals surface area contributed by atoms with E-state index in [1.54, 1.807) is 25.2 Å². The Balaban J connectivity index is 2.38. The van der Waals surface area contributed by atoms with E-state index >= 15 is 0 Å². The number of anilines is 1. The number of hydrogen-bond donors (Lipinski definition) is 3.